The zero-order valence-corrected chi connectivity index (χ0v) is 11.9. The van der Waals surface area contributed by atoms with E-state index >= 15 is 0 Å². The maximum absolute atomic E-state index is 12.5. The Morgan fingerprint density at radius 3 is 2.45 bits per heavy atom. The first kappa shape index (κ1) is 15.7. The van der Waals surface area contributed by atoms with E-state index in [1.165, 1.54) is 14.0 Å². The average Bonchev–Trinajstić information content (AvgIpc) is 2.46. The minimum atomic E-state index is -1.26. The van der Waals surface area contributed by atoms with Crippen LogP contribution in [-0.2, 0) is 4.79 Å². The van der Waals surface area contributed by atoms with E-state index in [0.717, 1.165) is 12.1 Å². The number of carbonyl (C=O) groups excluding carboxylic acids is 3. The van der Waals surface area contributed by atoms with Crippen LogP contribution in [0.15, 0.2) is 17.7 Å². The van der Waals surface area contributed by atoms with Crippen LogP contribution >= 0.6 is 0 Å². The average molecular weight is 306 g/mol. The molecule has 0 spiro atoms. The lowest BCUT2D eigenvalue weighted by molar-refractivity contribution is -0.112. The van der Waals surface area contributed by atoms with Crippen LogP contribution in [0.4, 0.5) is 0 Å². The molecule has 116 valence electrons. The fourth-order valence-electron chi connectivity index (χ4n) is 2.44. The van der Waals surface area contributed by atoms with Crippen LogP contribution in [0.2, 0.25) is 0 Å². The molecule has 0 fully saturated rings. The number of phenols is 2. The summed E-state index contributed by atoms with van der Waals surface area (Å²) in [5.74, 6) is -4.62. The molecule has 2 rings (SSSR count). The van der Waals surface area contributed by atoms with E-state index in [1.807, 2.05) is 0 Å². The second-order valence-electron chi connectivity index (χ2n) is 4.84. The summed E-state index contributed by atoms with van der Waals surface area (Å²) in [4.78, 5) is 36.1. The Kier molecular flexibility index (Phi) is 4.01. The highest BCUT2D eigenvalue weighted by Crippen LogP contribution is 2.44. The van der Waals surface area contributed by atoms with Gasteiger partial charge in [0.1, 0.15) is 5.75 Å². The maximum Gasteiger partial charge on any atom is 0.194 e. The molecular formula is C15H14O7. The lowest BCUT2D eigenvalue weighted by Gasteiger charge is -2.25. The van der Waals surface area contributed by atoms with Gasteiger partial charge in [-0.25, -0.2) is 0 Å². The zero-order valence-electron chi connectivity index (χ0n) is 11.9. The molecule has 0 aliphatic heterocycles. The molecule has 1 aromatic carbocycles. The van der Waals surface area contributed by atoms with Crippen molar-refractivity contribution in [2.75, 3.05) is 13.7 Å². The Bertz CT molecular complexity index is 715. The number of hydrogen-bond donors (Lipinski definition) is 3. The minimum Gasteiger partial charge on any atom is -0.507 e. The van der Waals surface area contributed by atoms with Gasteiger partial charge in [-0.15, -0.1) is 0 Å². The van der Waals surface area contributed by atoms with Gasteiger partial charge in [-0.05, 0) is 13.0 Å². The molecule has 0 saturated carbocycles. The highest BCUT2D eigenvalue weighted by molar-refractivity contribution is 6.27. The largest absolute Gasteiger partial charge is 0.507 e. The third-order valence-electron chi connectivity index (χ3n) is 3.43. The monoisotopic (exact) mass is 306 g/mol. The number of ether oxygens (including phenoxy) is 1. The summed E-state index contributed by atoms with van der Waals surface area (Å²) in [7, 11) is 1.22. The molecule has 0 amide bonds. The summed E-state index contributed by atoms with van der Waals surface area (Å²) in [6, 6.07) is 1.01. The molecule has 0 saturated heterocycles. The first-order valence-corrected chi connectivity index (χ1v) is 6.38. The summed E-state index contributed by atoms with van der Waals surface area (Å²) >= 11 is 0. The summed E-state index contributed by atoms with van der Waals surface area (Å²) in [6.07, 6.45) is 0.944. The molecule has 3 N–H and O–H groups in total. The van der Waals surface area contributed by atoms with Crippen molar-refractivity contribution in [1.29, 1.82) is 0 Å². The Morgan fingerprint density at radius 1 is 1.32 bits per heavy atom. The van der Waals surface area contributed by atoms with Crippen molar-refractivity contribution in [2.45, 2.75) is 6.92 Å². The quantitative estimate of drug-likeness (QED) is 0.552. The van der Waals surface area contributed by atoms with Crippen molar-refractivity contribution in [3.05, 3.63) is 28.8 Å². The van der Waals surface area contributed by atoms with Gasteiger partial charge in [0.15, 0.2) is 28.8 Å². The van der Waals surface area contributed by atoms with Crippen molar-refractivity contribution < 1.29 is 34.4 Å². The maximum atomic E-state index is 12.5. The molecule has 7 nitrogen and oxygen atoms in total. The number of benzene rings is 1. The standard InChI is InChI=1S/C15H14O7/c1-6(17)3-7-8(5-16)14(20)11-9(18)4-10(22-2)15(21)12(11)13(7)19/h3-4,8,16,18,21H,5H2,1-2H3. The van der Waals surface area contributed by atoms with Crippen molar-refractivity contribution in [2.24, 2.45) is 5.92 Å². The topological polar surface area (TPSA) is 121 Å². The van der Waals surface area contributed by atoms with E-state index in [0.29, 0.717) is 0 Å². The van der Waals surface area contributed by atoms with E-state index in [2.05, 4.69) is 0 Å². The van der Waals surface area contributed by atoms with Gasteiger partial charge in [0.2, 0.25) is 0 Å². The SMILES string of the molecule is COc1cc(O)c2c(c1O)C(=O)C(=CC(C)=O)C(CO)C2=O. The van der Waals surface area contributed by atoms with Gasteiger partial charge in [-0.1, -0.05) is 0 Å². The molecule has 7 heteroatoms. The number of rotatable bonds is 3. The highest BCUT2D eigenvalue weighted by Gasteiger charge is 2.41. The zero-order chi connectivity index (χ0) is 16.6. The van der Waals surface area contributed by atoms with Crippen molar-refractivity contribution in [3.8, 4) is 17.2 Å². The number of Topliss-reactive ketones (excluding diaryl/α,β-unsaturated/α-hetero) is 2. The lowest BCUT2D eigenvalue weighted by Crippen LogP contribution is -2.32. The predicted molar refractivity (Wildman–Crippen MR) is 74.3 cm³/mol. The third-order valence-corrected chi connectivity index (χ3v) is 3.43. The molecule has 0 heterocycles. The minimum absolute atomic E-state index is 0.179. The van der Waals surface area contributed by atoms with E-state index in [9.17, 15) is 29.7 Å². The number of phenolic OH excluding ortho intramolecular Hbond substituents is 2. The summed E-state index contributed by atoms with van der Waals surface area (Å²) < 4.78 is 4.84. The number of aliphatic hydroxyl groups excluding tert-OH is 1. The van der Waals surface area contributed by atoms with Gasteiger partial charge in [0.05, 0.1) is 30.8 Å². The number of aliphatic hydroxyl groups is 1. The van der Waals surface area contributed by atoms with Gasteiger partial charge in [-0.3, -0.25) is 14.4 Å². The van der Waals surface area contributed by atoms with Gasteiger partial charge < -0.3 is 20.1 Å². The third kappa shape index (κ3) is 2.25. The predicted octanol–water partition coefficient (Wildman–Crippen LogP) is 0.609. The van der Waals surface area contributed by atoms with Gasteiger partial charge in [-0.2, -0.15) is 0 Å². The van der Waals surface area contributed by atoms with Gasteiger partial charge >= 0.3 is 0 Å². The summed E-state index contributed by atoms with van der Waals surface area (Å²) in [6.45, 7) is 0.493. The smallest absolute Gasteiger partial charge is 0.194 e. The second kappa shape index (κ2) is 5.61. The van der Waals surface area contributed by atoms with Crippen LogP contribution in [0.3, 0.4) is 0 Å². The van der Waals surface area contributed by atoms with Crippen LogP contribution in [0.1, 0.15) is 27.6 Å². The normalized spacial score (nSPS) is 19.2. The highest BCUT2D eigenvalue weighted by atomic mass is 16.5. The molecule has 0 bridgehead atoms. The van der Waals surface area contributed by atoms with Gasteiger partial charge in [0, 0.05) is 11.6 Å². The van der Waals surface area contributed by atoms with Crippen LogP contribution in [0, 0.1) is 5.92 Å². The molecular weight excluding hydrogens is 292 g/mol. The molecule has 1 aromatic rings. The first-order valence-electron chi connectivity index (χ1n) is 6.38. The Hall–Kier alpha value is -2.67. The molecule has 1 aliphatic rings. The fraction of sp³-hybridized carbons (Fsp3) is 0.267. The molecule has 1 atom stereocenters. The Balaban J connectivity index is 2.82. The molecule has 1 unspecified atom stereocenters. The Labute approximate surface area is 125 Å². The van der Waals surface area contributed by atoms with Crippen LogP contribution in [0.25, 0.3) is 0 Å². The number of ketones is 3. The van der Waals surface area contributed by atoms with Crippen LogP contribution in [0.5, 0.6) is 17.2 Å². The van der Waals surface area contributed by atoms with E-state index in [1.54, 1.807) is 0 Å². The number of carbonyl (C=O) groups is 3. The number of fused-ring (bicyclic) bond motifs is 1. The molecule has 1 aliphatic carbocycles. The fourth-order valence-corrected chi connectivity index (χ4v) is 2.44. The van der Waals surface area contributed by atoms with Gasteiger partial charge in [0.25, 0.3) is 0 Å². The van der Waals surface area contributed by atoms with Crippen molar-refractivity contribution in [1.82, 2.24) is 0 Å². The van der Waals surface area contributed by atoms with Crippen molar-refractivity contribution >= 4 is 17.3 Å². The van der Waals surface area contributed by atoms with E-state index < -0.39 is 46.9 Å². The Morgan fingerprint density at radius 2 is 1.95 bits per heavy atom. The number of allylic oxidation sites excluding steroid dienone is 1. The first-order chi connectivity index (χ1) is 10.3. The lowest BCUT2D eigenvalue weighted by atomic mass is 9.77. The van der Waals surface area contributed by atoms with E-state index in [4.69, 9.17) is 4.74 Å². The number of hydrogen-bond acceptors (Lipinski definition) is 7. The summed E-state index contributed by atoms with van der Waals surface area (Å²) in [5.41, 5.74) is -1.04. The molecule has 0 radical (unpaired) electrons. The number of methoxy groups -OCH3 is 1. The molecule has 0 aromatic heterocycles. The number of aromatic hydroxyl groups is 2. The molecule has 22 heavy (non-hydrogen) atoms. The van der Waals surface area contributed by atoms with Crippen molar-refractivity contribution in [3.63, 3.8) is 0 Å². The van der Waals surface area contributed by atoms with Crippen LogP contribution < -0.4 is 4.74 Å². The van der Waals surface area contributed by atoms with Crippen LogP contribution in [-0.4, -0.2) is 46.4 Å². The van der Waals surface area contributed by atoms with E-state index in [-0.39, 0.29) is 16.9 Å². The second-order valence-corrected chi connectivity index (χ2v) is 4.84. The summed E-state index contributed by atoms with van der Waals surface area (Å²) in [5, 5.41) is 29.4.